The summed E-state index contributed by atoms with van der Waals surface area (Å²) in [5, 5.41) is 10.8. The number of hydrogen-bond acceptors (Lipinski definition) is 4. The topological polar surface area (TPSA) is 72.7 Å². The molecule has 3 aromatic rings. The molecule has 1 aromatic heterocycles. The molecule has 1 heterocycles. The number of ether oxygens (including phenoxy) is 2. The van der Waals surface area contributed by atoms with Gasteiger partial charge in [0.05, 0.1) is 19.9 Å². The molecule has 2 N–H and O–H groups in total. The summed E-state index contributed by atoms with van der Waals surface area (Å²) < 4.78 is 12.4. The van der Waals surface area contributed by atoms with Crippen LogP contribution in [0.15, 0.2) is 65.9 Å². The Hall–Kier alpha value is -2.75. The van der Waals surface area contributed by atoms with E-state index in [2.05, 4.69) is 32.9 Å². The summed E-state index contributed by atoms with van der Waals surface area (Å²) in [7, 11) is 4.96. The summed E-state index contributed by atoms with van der Waals surface area (Å²) in [4.78, 5) is 4.26. The van der Waals surface area contributed by atoms with Crippen molar-refractivity contribution in [2.75, 3.05) is 26.6 Å². The molecule has 3 rings (SSSR count). The molecular formula is C20H24IN5O2. The standard InChI is InChI=1S/C20H23N5O2.HI/c1-21-20(24-16-7-10-18(26-2)19(13-16)27-3)22-14-15-5-8-17(9-6-15)25-12-4-11-23-25;/h4-13H,14H2,1-3H3,(H2,21,22,24);1H. The zero-order valence-corrected chi connectivity index (χ0v) is 18.4. The molecule has 0 saturated heterocycles. The van der Waals surface area contributed by atoms with Gasteiger partial charge in [0.15, 0.2) is 17.5 Å². The van der Waals surface area contributed by atoms with E-state index in [-0.39, 0.29) is 24.0 Å². The van der Waals surface area contributed by atoms with Gasteiger partial charge in [0, 0.05) is 37.7 Å². The van der Waals surface area contributed by atoms with Gasteiger partial charge < -0.3 is 20.1 Å². The van der Waals surface area contributed by atoms with Crippen LogP contribution in [-0.2, 0) is 6.54 Å². The van der Waals surface area contributed by atoms with E-state index in [0.717, 1.165) is 16.9 Å². The highest BCUT2D eigenvalue weighted by atomic mass is 127. The van der Waals surface area contributed by atoms with Gasteiger partial charge in [-0.05, 0) is 35.9 Å². The van der Waals surface area contributed by atoms with Gasteiger partial charge in [0.2, 0.25) is 0 Å². The van der Waals surface area contributed by atoms with E-state index in [1.165, 1.54) is 0 Å². The predicted molar refractivity (Wildman–Crippen MR) is 122 cm³/mol. The fourth-order valence-corrected chi connectivity index (χ4v) is 2.60. The molecule has 0 spiro atoms. The zero-order chi connectivity index (χ0) is 19.1. The van der Waals surface area contributed by atoms with Crippen LogP contribution in [-0.4, -0.2) is 37.0 Å². The highest BCUT2D eigenvalue weighted by Gasteiger charge is 2.06. The second-order valence-electron chi connectivity index (χ2n) is 5.74. The van der Waals surface area contributed by atoms with Crippen molar-refractivity contribution in [3.63, 3.8) is 0 Å². The van der Waals surface area contributed by atoms with Crippen molar-refractivity contribution in [1.82, 2.24) is 15.1 Å². The van der Waals surface area contributed by atoms with E-state index < -0.39 is 0 Å². The quantitative estimate of drug-likeness (QED) is 0.312. The van der Waals surface area contributed by atoms with Crippen molar-refractivity contribution in [2.45, 2.75) is 6.54 Å². The average molecular weight is 493 g/mol. The van der Waals surface area contributed by atoms with E-state index in [1.807, 2.05) is 47.3 Å². The number of anilines is 1. The molecule has 0 fully saturated rings. The Morgan fingerprint density at radius 1 is 1.07 bits per heavy atom. The average Bonchev–Trinajstić information content (AvgIpc) is 3.26. The van der Waals surface area contributed by atoms with Gasteiger partial charge in [0.25, 0.3) is 0 Å². The maximum atomic E-state index is 5.33. The van der Waals surface area contributed by atoms with Gasteiger partial charge in [-0.25, -0.2) is 4.68 Å². The number of aromatic nitrogens is 2. The van der Waals surface area contributed by atoms with Crippen LogP contribution < -0.4 is 20.1 Å². The second kappa shape index (κ2) is 10.5. The van der Waals surface area contributed by atoms with Crippen molar-refractivity contribution in [2.24, 2.45) is 4.99 Å². The van der Waals surface area contributed by atoms with Gasteiger partial charge in [0.1, 0.15) is 0 Å². The molecule has 2 aromatic carbocycles. The summed E-state index contributed by atoms with van der Waals surface area (Å²) in [6.07, 6.45) is 3.68. The number of rotatable bonds is 6. The number of aliphatic imine (C=N–C) groups is 1. The van der Waals surface area contributed by atoms with Crippen molar-refractivity contribution in [3.05, 3.63) is 66.5 Å². The molecular weight excluding hydrogens is 469 g/mol. The first kappa shape index (κ1) is 21.5. The van der Waals surface area contributed by atoms with Crippen LogP contribution in [0.1, 0.15) is 5.56 Å². The minimum atomic E-state index is 0. The Morgan fingerprint density at radius 3 is 2.43 bits per heavy atom. The summed E-state index contributed by atoms with van der Waals surface area (Å²) in [5.74, 6) is 2.01. The Morgan fingerprint density at radius 2 is 1.82 bits per heavy atom. The smallest absolute Gasteiger partial charge is 0.195 e. The lowest BCUT2D eigenvalue weighted by atomic mass is 10.2. The first-order valence-corrected chi connectivity index (χ1v) is 8.52. The molecule has 0 bridgehead atoms. The van der Waals surface area contributed by atoms with Crippen molar-refractivity contribution in [1.29, 1.82) is 0 Å². The van der Waals surface area contributed by atoms with E-state index in [1.54, 1.807) is 27.5 Å². The lowest BCUT2D eigenvalue weighted by Crippen LogP contribution is -2.30. The summed E-state index contributed by atoms with van der Waals surface area (Å²) in [5.41, 5.74) is 3.02. The van der Waals surface area contributed by atoms with Crippen LogP contribution in [0.2, 0.25) is 0 Å². The molecule has 7 nitrogen and oxygen atoms in total. The number of halogens is 1. The Bertz CT molecular complexity index is 895. The minimum Gasteiger partial charge on any atom is -0.493 e. The van der Waals surface area contributed by atoms with Crippen molar-refractivity contribution in [3.8, 4) is 17.2 Å². The molecule has 0 aliphatic carbocycles. The first-order valence-electron chi connectivity index (χ1n) is 8.52. The third-order valence-electron chi connectivity index (χ3n) is 4.04. The lowest BCUT2D eigenvalue weighted by Gasteiger charge is -2.14. The number of nitrogens with zero attached hydrogens (tertiary/aromatic N) is 3. The van der Waals surface area contributed by atoms with Crippen LogP contribution in [0.25, 0.3) is 5.69 Å². The predicted octanol–water partition coefficient (Wildman–Crippen LogP) is 3.70. The van der Waals surface area contributed by atoms with Crippen LogP contribution in [0.4, 0.5) is 5.69 Å². The molecule has 0 radical (unpaired) electrons. The van der Waals surface area contributed by atoms with E-state index in [0.29, 0.717) is 24.0 Å². The maximum Gasteiger partial charge on any atom is 0.195 e. The molecule has 0 aliphatic rings. The molecule has 28 heavy (non-hydrogen) atoms. The normalized spacial score (nSPS) is 10.8. The number of methoxy groups -OCH3 is 2. The Kier molecular flexibility index (Phi) is 8.12. The zero-order valence-electron chi connectivity index (χ0n) is 16.0. The van der Waals surface area contributed by atoms with Crippen molar-refractivity contribution >= 4 is 35.6 Å². The van der Waals surface area contributed by atoms with E-state index >= 15 is 0 Å². The largest absolute Gasteiger partial charge is 0.493 e. The number of guanidine groups is 1. The third kappa shape index (κ3) is 5.38. The van der Waals surface area contributed by atoms with Gasteiger partial charge in [-0.3, -0.25) is 4.99 Å². The van der Waals surface area contributed by atoms with Gasteiger partial charge in [-0.2, -0.15) is 5.10 Å². The summed E-state index contributed by atoms with van der Waals surface area (Å²) >= 11 is 0. The Balaban J connectivity index is 0.00000280. The first-order chi connectivity index (χ1) is 13.2. The van der Waals surface area contributed by atoms with Crippen LogP contribution in [0, 0.1) is 0 Å². The molecule has 0 unspecified atom stereocenters. The monoisotopic (exact) mass is 493 g/mol. The number of nitrogens with one attached hydrogen (secondary N) is 2. The van der Waals surface area contributed by atoms with Crippen LogP contribution in [0.3, 0.4) is 0 Å². The molecule has 0 aliphatic heterocycles. The minimum absolute atomic E-state index is 0. The molecule has 0 saturated carbocycles. The fourth-order valence-electron chi connectivity index (χ4n) is 2.60. The highest BCUT2D eigenvalue weighted by molar-refractivity contribution is 14.0. The van der Waals surface area contributed by atoms with Crippen LogP contribution >= 0.6 is 24.0 Å². The van der Waals surface area contributed by atoms with E-state index in [9.17, 15) is 0 Å². The molecule has 0 amide bonds. The summed E-state index contributed by atoms with van der Waals surface area (Å²) in [6.45, 7) is 0.645. The van der Waals surface area contributed by atoms with E-state index in [4.69, 9.17) is 9.47 Å². The summed E-state index contributed by atoms with van der Waals surface area (Å²) in [6, 6.07) is 15.7. The van der Waals surface area contributed by atoms with Gasteiger partial charge >= 0.3 is 0 Å². The highest BCUT2D eigenvalue weighted by Crippen LogP contribution is 2.29. The second-order valence-corrected chi connectivity index (χ2v) is 5.74. The number of hydrogen-bond donors (Lipinski definition) is 2. The lowest BCUT2D eigenvalue weighted by molar-refractivity contribution is 0.355. The fraction of sp³-hybridized carbons (Fsp3) is 0.200. The molecule has 0 atom stereocenters. The SMILES string of the molecule is CN=C(NCc1ccc(-n2cccn2)cc1)Nc1ccc(OC)c(OC)c1.I. The Labute approximate surface area is 181 Å². The third-order valence-corrected chi connectivity index (χ3v) is 4.04. The molecule has 148 valence electrons. The number of benzene rings is 2. The van der Waals surface area contributed by atoms with Gasteiger partial charge in [-0.15, -0.1) is 24.0 Å². The van der Waals surface area contributed by atoms with Gasteiger partial charge in [-0.1, -0.05) is 12.1 Å². The molecule has 8 heteroatoms. The van der Waals surface area contributed by atoms with Crippen LogP contribution in [0.5, 0.6) is 11.5 Å². The maximum absolute atomic E-state index is 5.33. The van der Waals surface area contributed by atoms with Crippen molar-refractivity contribution < 1.29 is 9.47 Å².